The molecule has 8 heteroatoms. The quantitative estimate of drug-likeness (QED) is 0.823. The molecule has 0 saturated carbocycles. The summed E-state index contributed by atoms with van der Waals surface area (Å²) in [6, 6.07) is -0.806. The van der Waals surface area contributed by atoms with Crippen molar-refractivity contribution in [3.8, 4) is 5.88 Å². The molecule has 1 aromatic heterocycles. The van der Waals surface area contributed by atoms with Gasteiger partial charge in [0.15, 0.2) is 11.5 Å². The minimum atomic E-state index is -1.76. The number of hydrogen-bond donors (Lipinski definition) is 2. The minimum absolute atomic E-state index is 0.0519. The van der Waals surface area contributed by atoms with E-state index in [9.17, 15) is 14.7 Å². The molecule has 0 unspecified atom stereocenters. The Hall–Kier alpha value is -2.61. The van der Waals surface area contributed by atoms with Crippen molar-refractivity contribution in [1.29, 1.82) is 0 Å². The fourth-order valence-corrected chi connectivity index (χ4v) is 2.72. The van der Waals surface area contributed by atoms with Crippen LogP contribution < -0.4 is 15.6 Å². The highest BCUT2D eigenvalue weighted by molar-refractivity contribution is 5.82. The molecule has 2 aliphatic heterocycles. The number of rotatable bonds is 2. The van der Waals surface area contributed by atoms with Gasteiger partial charge in [0.1, 0.15) is 17.4 Å². The second kappa shape index (κ2) is 5.48. The molecule has 0 bridgehead atoms. The Kier molecular flexibility index (Phi) is 3.71. The number of fused-ring (bicyclic) bond motifs is 2. The summed E-state index contributed by atoms with van der Waals surface area (Å²) in [5.41, 5.74) is -2.08. The van der Waals surface area contributed by atoms with Crippen molar-refractivity contribution in [2.24, 2.45) is 5.92 Å². The normalized spacial score (nSPS) is 25.2. The van der Waals surface area contributed by atoms with Crippen molar-refractivity contribution in [1.82, 2.24) is 14.9 Å². The number of nitrogens with one attached hydrogen (secondary N) is 1. The second-order valence-corrected chi connectivity index (χ2v) is 6.09. The van der Waals surface area contributed by atoms with Crippen molar-refractivity contribution in [2.45, 2.75) is 32.5 Å². The van der Waals surface area contributed by atoms with Gasteiger partial charge in [0.25, 0.3) is 5.56 Å². The van der Waals surface area contributed by atoms with Gasteiger partial charge in [-0.2, -0.15) is 4.98 Å². The number of aromatic nitrogens is 2. The minimum Gasteiger partial charge on any atom is -0.497 e. The molecule has 0 aliphatic carbocycles. The van der Waals surface area contributed by atoms with E-state index < -0.39 is 29.2 Å². The Labute approximate surface area is 138 Å². The molecular formula is C16H19N3O5. The average molecular weight is 333 g/mol. The molecule has 3 heterocycles. The fraction of sp³-hybridized carbons (Fsp3) is 0.438. The number of ether oxygens (including phenoxy) is 2. The third kappa shape index (κ3) is 2.22. The number of carbonyl (C=O) groups excluding carboxylic acids is 1. The van der Waals surface area contributed by atoms with E-state index in [0.29, 0.717) is 5.76 Å². The number of nitrogens with zero attached hydrogens (tertiary/aromatic N) is 2. The van der Waals surface area contributed by atoms with Crippen LogP contribution in [0.1, 0.15) is 38.2 Å². The van der Waals surface area contributed by atoms with Gasteiger partial charge in [0.05, 0.1) is 13.4 Å². The summed E-state index contributed by atoms with van der Waals surface area (Å²) in [5, 5.41) is 13.5. The highest BCUT2D eigenvalue weighted by Crippen LogP contribution is 2.33. The molecule has 1 amide bonds. The summed E-state index contributed by atoms with van der Waals surface area (Å²) in [6.45, 7) is 5.02. The van der Waals surface area contributed by atoms with Crippen LogP contribution in [0.3, 0.4) is 0 Å². The van der Waals surface area contributed by atoms with E-state index in [2.05, 4.69) is 10.3 Å². The Morgan fingerprint density at radius 3 is 2.79 bits per heavy atom. The van der Waals surface area contributed by atoms with E-state index in [4.69, 9.17) is 9.47 Å². The molecule has 0 saturated heterocycles. The zero-order valence-corrected chi connectivity index (χ0v) is 13.9. The molecule has 128 valence electrons. The van der Waals surface area contributed by atoms with Gasteiger partial charge in [-0.15, -0.1) is 0 Å². The number of amides is 1. The van der Waals surface area contributed by atoms with Gasteiger partial charge in [0, 0.05) is 12.0 Å². The maximum atomic E-state index is 13.0. The van der Waals surface area contributed by atoms with E-state index in [1.165, 1.54) is 24.0 Å². The number of aliphatic hydroxyl groups is 1. The molecule has 0 aromatic carbocycles. The van der Waals surface area contributed by atoms with Gasteiger partial charge in [-0.3, -0.25) is 14.2 Å². The maximum absolute atomic E-state index is 13.0. The zero-order chi connectivity index (χ0) is 17.6. The number of carbonyl (C=O) groups is 1. The van der Waals surface area contributed by atoms with E-state index >= 15 is 0 Å². The lowest BCUT2D eigenvalue weighted by Gasteiger charge is -2.40. The molecule has 1 aromatic rings. The van der Waals surface area contributed by atoms with Gasteiger partial charge >= 0.3 is 0 Å². The number of hydrogen-bond acceptors (Lipinski definition) is 6. The predicted octanol–water partition coefficient (Wildman–Crippen LogP) is 0.629. The van der Waals surface area contributed by atoms with Crippen LogP contribution in [0.4, 0.5) is 0 Å². The molecule has 3 rings (SSSR count). The van der Waals surface area contributed by atoms with E-state index in [1.54, 1.807) is 26.8 Å². The number of allylic oxidation sites excluding steroid dienone is 1. The monoisotopic (exact) mass is 333 g/mol. The first-order valence-electron chi connectivity index (χ1n) is 7.60. The Morgan fingerprint density at radius 1 is 1.46 bits per heavy atom. The van der Waals surface area contributed by atoms with Crippen LogP contribution >= 0.6 is 0 Å². The lowest BCUT2D eigenvalue weighted by atomic mass is 9.95. The van der Waals surface area contributed by atoms with Crippen molar-refractivity contribution < 1.29 is 19.4 Å². The largest absolute Gasteiger partial charge is 0.497 e. The first-order valence-corrected chi connectivity index (χ1v) is 7.60. The molecule has 2 aliphatic rings. The summed E-state index contributed by atoms with van der Waals surface area (Å²) in [5.74, 6) is -0.337. The van der Waals surface area contributed by atoms with E-state index in [-0.39, 0.29) is 17.3 Å². The molecule has 24 heavy (non-hydrogen) atoms. The number of methoxy groups -OCH3 is 1. The summed E-state index contributed by atoms with van der Waals surface area (Å²) < 4.78 is 11.8. The zero-order valence-electron chi connectivity index (χ0n) is 13.9. The van der Waals surface area contributed by atoms with Crippen molar-refractivity contribution >= 4 is 12.0 Å². The van der Waals surface area contributed by atoms with Crippen molar-refractivity contribution in [3.05, 3.63) is 39.8 Å². The lowest BCUT2D eigenvalue weighted by molar-refractivity contribution is -0.143. The van der Waals surface area contributed by atoms with Crippen LogP contribution in [-0.2, 0) is 15.3 Å². The Morgan fingerprint density at radius 2 is 2.17 bits per heavy atom. The van der Waals surface area contributed by atoms with E-state index in [0.717, 1.165) is 0 Å². The highest BCUT2D eigenvalue weighted by Gasteiger charge is 2.46. The third-order valence-corrected chi connectivity index (χ3v) is 4.31. The van der Waals surface area contributed by atoms with Gasteiger partial charge in [-0.25, -0.2) is 0 Å². The molecular weight excluding hydrogens is 314 g/mol. The molecule has 2 N–H and O–H groups in total. The van der Waals surface area contributed by atoms with Crippen LogP contribution in [0.5, 0.6) is 5.88 Å². The van der Waals surface area contributed by atoms with Gasteiger partial charge in [-0.05, 0) is 13.0 Å². The third-order valence-electron chi connectivity index (χ3n) is 4.31. The smallest absolute Gasteiger partial charge is 0.265 e. The maximum Gasteiger partial charge on any atom is 0.265 e. The molecule has 0 fully saturated rings. The average Bonchev–Trinajstić information content (AvgIpc) is 2.74. The first-order chi connectivity index (χ1) is 11.3. The van der Waals surface area contributed by atoms with Gasteiger partial charge in [0.2, 0.25) is 11.8 Å². The summed E-state index contributed by atoms with van der Waals surface area (Å²) in [7, 11) is 1.47. The summed E-state index contributed by atoms with van der Waals surface area (Å²) >= 11 is 0. The van der Waals surface area contributed by atoms with Crippen LogP contribution in [0.25, 0.3) is 6.08 Å². The lowest BCUT2D eigenvalue weighted by Crippen LogP contribution is -2.60. The predicted molar refractivity (Wildman–Crippen MR) is 84.8 cm³/mol. The topological polar surface area (TPSA) is 103 Å². The SMILES string of the molecule is COC1=Cc2c(nc3n(c2=O)[C@H](C)C(=O)N[C@]3(O)C(C)C)OC=C1. The van der Waals surface area contributed by atoms with Crippen LogP contribution in [0, 0.1) is 5.92 Å². The van der Waals surface area contributed by atoms with E-state index in [1.807, 2.05) is 0 Å². The summed E-state index contributed by atoms with van der Waals surface area (Å²) in [6.07, 6.45) is 4.39. The van der Waals surface area contributed by atoms with Crippen molar-refractivity contribution in [2.75, 3.05) is 7.11 Å². The molecule has 0 radical (unpaired) electrons. The Bertz CT molecular complexity index is 824. The standard InChI is InChI=1S/C16H19N3O5/c1-8(2)16(22)15-17-13-11(7-10(23-4)5-6-24-13)14(21)19(15)9(3)12(20)18-16/h5-9,22H,1-4H3,(H,18,20)/t9-,16+/m1/s1. The van der Waals surface area contributed by atoms with Gasteiger partial charge in [-0.1, -0.05) is 13.8 Å². The van der Waals surface area contributed by atoms with Crippen molar-refractivity contribution in [3.63, 3.8) is 0 Å². The molecule has 8 nitrogen and oxygen atoms in total. The second-order valence-electron chi connectivity index (χ2n) is 6.09. The Balaban J connectivity index is 2.34. The molecule has 0 spiro atoms. The summed E-state index contributed by atoms with van der Waals surface area (Å²) in [4.78, 5) is 29.5. The van der Waals surface area contributed by atoms with Crippen LogP contribution in [0.15, 0.2) is 22.9 Å². The first kappa shape index (κ1) is 16.3. The highest BCUT2D eigenvalue weighted by atomic mass is 16.5. The fourth-order valence-electron chi connectivity index (χ4n) is 2.72. The molecule has 2 atom stereocenters. The van der Waals surface area contributed by atoms with Gasteiger partial charge < -0.3 is 19.9 Å². The van der Waals surface area contributed by atoms with Crippen LogP contribution in [-0.4, -0.2) is 27.7 Å². The van der Waals surface area contributed by atoms with Crippen LogP contribution in [0.2, 0.25) is 0 Å².